The molecule has 1 saturated carbocycles. The number of hydrogen-bond acceptors (Lipinski definition) is 2. The van der Waals surface area contributed by atoms with Crippen molar-refractivity contribution < 1.29 is 0 Å². The van der Waals surface area contributed by atoms with Crippen molar-refractivity contribution in [3.63, 3.8) is 0 Å². The summed E-state index contributed by atoms with van der Waals surface area (Å²) < 4.78 is 0. The second-order valence-corrected chi connectivity index (χ2v) is 7.00. The molecule has 0 radical (unpaired) electrons. The molecular formula is C19H30N2. The van der Waals surface area contributed by atoms with Crippen molar-refractivity contribution in [3.8, 4) is 0 Å². The summed E-state index contributed by atoms with van der Waals surface area (Å²) >= 11 is 0. The van der Waals surface area contributed by atoms with Crippen molar-refractivity contribution in [3.05, 3.63) is 35.4 Å². The molecule has 0 spiro atoms. The topological polar surface area (TPSA) is 15.3 Å². The Kier molecular flexibility index (Phi) is 4.97. The van der Waals surface area contributed by atoms with Crippen molar-refractivity contribution in [2.45, 2.75) is 51.6 Å². The fourth-order valence-corrected chi connectivity index (χ4v) is 4.36. The standard InChI is InChI=1S/C19H30N2/c1-3-15-8-9-19(20-2)18(12-15)14-21-11-10-16-6-4-5-7-17(16)13-21/h4-7,15,18-20H,3,8-14H2,1-2H3. The molecule has 0 saturated heterocycles. The Bertz CT molecular complexity index is 457. The van der Waals surface area contributed by atoms with E-state index >= 15 is 0 Å². The normalized spacial score (nSPS) is 30.1. The first-order chi connectivity index (χ1) is 10.3. The first-order valence-electron chi connectivity index (χ1n) is 8.76. The summed E-state index contributed by atoms with van der Waals surface area (Å²) in [5, 5.41) is 3.58. The number of nitrogens with zero attached hydrogens (tertiary/aromatic N) is 1. The van der Waals surface area contributed by atoms with E-state index in [1.807, 2.05) is 0 Å². The Morgan fingerprint density at radius 2 is 2.00 bits per heavy atom. The molecule has 2 heteroatoms. The van der Waals surface area contributed by atoms with Gasteiger partial charge in [-0.3, -0.25) is 4.90 Å². The van der Waals surface area contributed by atoms with Crippen LogP contribution < -0.4 is 5.32 Å². The molecule has 3 unspecified atom stereocenters. The molecule has 0 amide bonds. The Morgan fingerprint density at radius 3 is 2.76 bits per heavy atom. The van der Waals surface area contributed by atoms with Crippen LogP contribution >= 0.6 is 0 Å². The van der Waals surface area contributed by atoms with Gasteiger partial charge in [-0.05, 0) is 55.7 Å². The van der Waals surface area contributed by atoms with E-state index in [1.165, 1.54) is 45.2 Å². The molecular weight excluding hydrogens is 256 g/mol. The third-order valence-electron chi connectivity index (χ3n) is 5.74. The highest BCUT2D eigenvalue weighted by atomic mass is 15.1. The molecule has 1 heterocycles. The summed E-state index contributed by atoms with van der Waals surface area (Å²) in [5.41, 5.74) is 3.11. The van der Waals surface area contributed by atoms with E-state index in [0.29, 0.717) is 0 Å². The van der Waals surface area contributed by atoms with Crippen molar-refractivity contribution in [1.82, 2.24) is 10.2 Å². The molecule has 3 atom stereocenters. The quantitative estimate of drug-likeness (QED) is 0.912. The van der Waals surface area contributed by atoms with Gasteiger partial charge in [0.1, 0.15) is 0 Å². The van der Waals surface area contributed by atoms with Gasteiger partial charge in [-0.1, -0.05) is 37.6 Å². The Balaban J connectivity index is 1.63. The summed E-state index contributed by atoms with van der Waals surface area (Å²) in [5.74, 6) is 1.79. The maximum atomic E-state index is 3.58. The number of nitrogens with one attached hydrogen (secondary N) is 1. The Morgan fingerprint density at radius 1 is 1.19 bits per heavy atom. The van der Waals surface area contributed by atoms with Crippen LogP contribution in [0.2, 0.25) is 0 Å². The molecule has 0 bridgehead atoms. The van der Waals surface area contributed by atoms with Crippen LogP contribution in [-0.2, 0) is 13.0 Å². The van der Waals surface area contributed by atoms with Crippen molar-refractivity contribution in [2.24, 2.45) is 11.8 Å². The summed E-state index contributed by atoms with van der Waals surface area (Å²) in [4.78, 5) is 2.69. The van der Waals surface area contributed by atoms with Gasteiger partial charge in [0.25, 0.3) is 0 Å². The smallest absolute Gasteiger partial charge is 0.0236 e. The average Bonchev–Trinajstić information content (AvgIpc) is 2.54. The van der Waals surface area contributed by atoms with Crippen molar-refractivity contribution in [2.75, 3.05) is 20.1 Å². The maximum absolute atomic E-state index is 3.58. The van der Waals surface area contributed by atoms with E-state index in [-0.39, 0.29) is 0 Å². The maximum Gasteiger partial charge on any atom is 0.0236 e. The molecule has 1 fully saturated rings. The van der Waals surface area contributed by atoms with Crippen LogP contribution in [0.4, 0.5) is 0 Å². The molecule has 1 aromatic carbocycles. The van der Waals surface area contributed by atoms with Crippen LogP contribution in [0.25, 0.3) is 0 Å². The molecule has 2 aliphatic rings. The van der Waals surface area contributed by atoms with Crippen LogP contribution in [-0.4, -0.2) is 31.1 Å². The zero-order chi connectivity index (χ0) is 14.7. The predicted molar refractivity (Wildman–Crippen MR) is 89.4 cm³/mol. The molecule has 116 valence electrons. The average molecular weight is 286 g/mol. The SMILES string of the molecule is CCC1CCC(NC)C(CN2CCc3ccccc3C2)C1. The molecule has 1 aliphatic carbocycles. The lowest BCUT2D eigenvalue weighted by Gasteiger charge is -2.40. The first-order valence-corrected chi connectivity index (χ1v) is 8.76. The summed E-state index contributed by atoms with van der Waals surface area (Å²) in [6.45, 7) is 6.02. The fraction of sp³-hybridized carbons (Fsp3) is 0.684. The minimum atomic E-state index is 0.727. The van der Waals surface area contributed by atoms with Crippen LogP contribution in [0.15, 0.2) is 24.3 Å². The van der Waals surface area contributed by atoms with Gasteiger partial charge in [-0.15, -0.1) is 0 Å². The van der Waals surface area contributed by atoms with Gasteiger partial charge >= 0.3 is 0 Å². The third-order valence-corrected chi connectivity index (χ3v) is 5.74. The zero-order valence-corrected chi connectivity index (χ0v) is 13.6. The molecule has 0 aromatic heterocycles. The second kappa shape index (κ2) is 6.93. The lowest BCUT2D eigenvalue weighted by Crippen LogP contribution is -2.45. The fourth-order valence-electron chi connectivity index (χ4n) is 4.36. The van der Waals surface area contributed by atoms with E-state index < -0.39 is 0 Å². The lowest BCUT2D eigenvalue weighted by molar-refractivity contribution is 0.133. The van der Waals surface area contributed by atoms with Crippen molar-refractivity contribution in [1.29, 1.82) is 0 Å². The van der Waals surface area contributed by atoms with Crippen molar-refractivity contribution >= 4 is 0 Å². The van der Waals surface area contributed by atoms with E-state index in [0.717, 1.165) is 24.4 Å². The van der Waals surface area contributed by atoms with Crippen LogP contribution in [0.3, 0.4) is 0 Å². The van der Waals surface area contributed by atoms with Gasteiger partial charge < -0.3 is 5.32 Å². The number of rotatable bonds is 4. The Hall–Kier alpha value is -0.860. The van der Waals surface area contributed by atoms with Gasteiger partial charge in [-0.2, -0.15) is 0 Å². The van der Waals surface area contributed by atoms with Crippen LogP contribution in [0.1, 0.15) is 43.7 Å². The van der Waals surface area contributed by atoms with E-state index in [1.54, 1.807) is 11.1 Å². The van der Waals surface area contributed by atoms with Crippen LogP contribution in [0.5, 0.6) is 0 Å². The number of benzene rings is 1. The molecule has 1 aromatic rings. The predicted octanol–water partition coefficient (Wildman–Crippen LogP) is 3.46. The molecule has 1 aliphatic heterocycles. The molecule has 2 nitrogen and oxygen atoms in total. The Labute approximate surface area is 129 Å². The number of hydrogen-bond donors (Lipinski definition) is 1. The molecule has 21 heavy (non-hydrogen) atoms. The lowest BCUT2D eigenvalue weighted by atomic mass is 9.76. The highest BCUT2D eigenvalue weighted by molar-refractivity contribution is 5.29. The molecule has 3 rings (SSSR count). The first kappa shape index (κ1) is 15.1. The summed E-state index contributed by atoms with van der Waals surface area (Å²) in [6, 6.07) is 9.71. The van der Waals surface area contributed by atoms with E-state index in [2.05, 4.69) is 48.5 Å². The van der Waals surface area contributed by atoms with E-state index in [9.17, 15) is 0 Å². The minimum Gasteiger partial charge on any atom is -0.317 e. The van der Waals surface area contributed by atoms with Gasteiger partial charge in [0.2, 0.25) is 0 Å². The van der Waals surface area contributed by atoms with Gasteiger partial charge in [0, 0.05) is 25.7 Å². The van der Waals surface area contributed by atoms with Crippen LogP contribution in [0, 0.1) is 11.8 Å². The van der Waals surface area contributed by atoms with Gasteiger partial charge in [0.15, 0.2) is 0 Å². The third kappa shape index (κ3) is 3.49. The summed E-state index contributed by atoms with van der Waals surface area (Å²) in [6.07, 6.45) is 6.78. The van der Waals surface area contributed by atoms with Gasteiger partial charge in [0.05, 0.1) is 0 Å². The van der Waals surface area contributed by atoms with Gasteiger partial charge in [-0.25, -0.2) is 0 Å². The highest BCUT2D eigenvalue weighted by Gasteiger charge is 2.30. The minimum absolute atomic E-state index is 0.727. The zero-order valence-electron chi connectivity index (χ0n) is 13.6. The van der Waals surface area contributed by atoms with E-state index in [4.69, 9.17) is 0 Å². The molecule has 1 N–H and O–H groups in total. The number of fused-ring (bicyclic) bond motifs is 1. The summed E-state index contributed by atoms with van der Waals surface area (Å²) in [7, 11) is 2.15. The largest absolute Gasteiger partial charge is 0.317 e. The highest BCUT2D eigenvalue weighted by Crippen LogP contribution is 2.32. The monoisotopic (exact) mass is 286 g/mol. The second-order valence-electron chi connectivity index (χ2n) is 7.00.